The number of aromatic hydroxyl groups is 2. The summed E-state index contributed by atoms with van der Waals surface area (Å²) in [6.07, 6.45) is 0. The van der Waals surface area contributed by atoms with E-state index in [-0.39, 0.29) is 26.0 Å². The van der Waals surface area contributed by atoms with Crippen LogP contribution in [0.3, 0.4) is 0 Å². The molecule has 0 spiro atoms. The Morgan fingerprint density at radius 3 is 2.15 bits per heavy atom. The molecule has 1 aromatic rings. The molecular weight excluding hydrogens is 191 g/mol. The molecule has 0 heterocycles. The monoisotopic (exact) mass is 198 g/mol. The van der Waals surface area contributed by atoms with Gasteiger partial charge in [0.25, 0.3) is 10.1 Å². The van der Waals surface area contributed by atoms with Crippen molar-refractivity contribution in [1.82, 2.24) is 0 Å². The van der Waals surface area contributed by atoms with Crippen LogP contribution >= 0.6 is 0 Å². The Labute approximate surface area is 88.4 Å². The third-order valence-corrected chi connectivity index (χ3v) is 2.10. The Kier molecular flexibility index (Phi) is 3.82. The summed E-state index contributed by atoms with van der Waals surface area (Å²) in [6.45, 7) is 0. The number of hydrogen-bond acceptors (Lipinski definition) is 4. The molecule has 0 bridgehead atoms. The summed E-state index contributed by atoms with van der Waals surface area (Å²) in [7, 11) is -4.47. The first kappa shape index (κ1) is 12.3. The Hall–Kier alpha value is -0.673. The molecule has 0 aromatic heterocycles. The van der Waals surface area contributed by atoms with Gasteiger partial charge in [-0.05, 0) is 12.1 Å². The zero-order valence-corrected chi connectivity index (χ0v) is 7.61. The van der Waals surface area contributed by atoms with Crippen LogP contribution in [0.5, 0.6) is 11.5 Å². The molecule has 1 rings (SSSR count). The van der Waals surface area contributed by atoms with E-state index >= 15 is 0 Å². The van der Waals surface area contributed by atoms with Gasteiger partial charge < -0.3 is 11.6 Å². The minimum Gasteiger partial charge on any atom is -1.00 e. The van der Waals surface area contributed by atoms with Crippen molar-refractivity contribution in [3.05, 3.63) is 18.2 Å². The third-order valence-electron chi connectivity index (χ3n) is 1.22. The summed E-state index contributed by atoms with van der Waals surface area (Å²) < 4.78 is 29.5. The van der Waals surface area contributed by atoms with Gasteiger partial charge in [-0.25, -0.2) is 0 Å². The zero-order chi connectivity index (χ0) is 9.35. The van der Waals surface area contributed by atoms with Gasteiger partial charge in [-0.15, -0.1) is 0 Å². The van der Waals surface area contributed by atoms with Gasteiger partial charge in [-0.1, -0.05) is 0 Å². The second kappa shape index (κ2) is 4.02. The van der Waals surface area contributed by atoms with Crippen molar-refractivity contribution in [2.75, 3.05) is 0 Å². The quantitative estimate of drug-likeness (QED) is 0.262. The first-order valence-corrected chi connectivity index (χ1v) is 4.35. The zero-order valence-electron chi connectivity index (χ0n) is 7.80. The van der Waals surface area contributed by atoms with Crippen molar-refractivity contribution in [3.8, 4) is 11.5 Å². The number of benzene rings is 1. The number of phenols is 2. The standard InChI is InChI=1S/C6H6O5S.Li.H/c7-4-1-2-5(8)6(3-4)12(9,10)11;;/h1-3,7-8H,(H,9,10,11);;/q;+1;-1. The first-order chi connectivity index (χ1) is 5.41. The first-order valence-electron chi connectivity index (χ1n) is 2.91. The van der Waals surface area contributed by atoms with E-state index in [0.29, 0.717) is 0 Å². The van der Waals surface area contributed by atoms with Gasteiger partial charge in [0, 0.05) is 6.07 Å². The SMILES string of the molecule is O=S(=O)(O)c1cc(O)ccc1O.[H-].[Li+]. The molecule has 0 saturated carbocycles. The largest absolute Gasteiger partial charge is 1.00 e. The van der Waals surface area contributed by atoms with Crippen molar-refractivity contribution in [2.24, 2.45) is 0 Å². The van der Waals surface area contributed by atoms with Crippen molar-refractivity contribution in [3.63, 3.8) is 0 Å². The van der Waals surface area contributed by atoms with E-state index < -0.39 is 20.8 Å². The molecule has 0 aliphatic carbocycles. The van der Waals surface area contributed by atoms with Crippen molar-refractivity contribution >= 4 is 10.1 Å². The van der Waals surface area contributed by atoms with Gasteiger partial charge in [0.15, 0.2) is 0 Å². The van der Waals surface area contributed by atoms with E-state index in [4.69, 9.17) is 14.8 Å². The molecular formula is C6H7LiO5S. The van der Waals surface area contributed by atoms with E-state index in [0.717, 1.165) is 18.2 Å². The summed E-state index contributed by atoms with van der Waals surface area (Å²) in [6, 6.07) is 2.83. The van der Waals surface area contributed by atoms with Gasteiger partial charge in [0.05, 0.1) is 0 Å². The fourth-order valence-corrected chi connectivity index (χ4v) is 1.31. The number of phenolic OH excluding ortho intramolecular Hbond substituents is 2. The topological polar surface area (TPSA) is 94.8 Å². The van der Waals surface area contributed by atoms with E-state index in [1.54, 1.807) is 0 Å². The molecule has 0 unspecified atom stereocenters. The molecule has 13 heavy (non-hydrogen) atoms. The van der Waals surface area contributed by atoms with Crippen molar-refractivity contribution in [1.29, 1.82) is 0 Å². The van der Waals surface area contributed by atoms with Crippen LogP contribution in [-0.2, 0) is 10.1 Å². The molecule has 0 aliphatic heterocycles. The summed E-state index contributed by atoms with van der Waals surface area (Å²) in [4.78, 5) is -0.706. The van der Waals surface area contributed by atoms with Crippen LogP contribution in [0, 0.1) is 0 Å². The summed E-state index contributed by atoms with van der Waals surface area (Å²) in [5.41, 5.74) is 0. The molecule has 0 fully saturated rings. The van der Waals surface area contributed by atoms with E-state index in [2.05, 4.69) is 0 Å². The molecule has 0 atom stereocenters. The van der Waals surface area contributed by atoms with Gasteiger partial charge >= 0.3 is 18.9 Å². The van der Waals surface area contributed by atoms with E-state index in [9.17, 15) is 8.42 Å². The van der Waals surface area contributed by atoms with E-state index in [1.807, 2.05) is 0 Å². The predicted molar refractivity (Wildman–Crippen MR) is 40.7 cm³/mol. The van der Waals surface area contributed by atoms with Gasteiger partial charge in [0.1, 0.15) is 16.4 Å². The van der Waals surface area contributed by atoms with Gasteiger partial charge in [-0.2, -0.15) is 8.42 Å². The molecule has 0 saturated heterocycles. The molecule has 0 radical (unpaired) electrons. The normalized spacial score (nSPS) is 10.5. The molecule has 5 nitrogen and oxygen atoms in total. The third kappa shape index (κ3) is 2.93. The molecule has 0 amide bonds. The Morgan fingerprint density at radius 1 is 1.23 bits per heavy atom. The molecule has 68 valence electrons. The molecule has 1 aromatic carbocycles. The predicted octanol–water partition coefficient (Wildman–Crippen LogP) is -2.54. The van der Waals surface area contributed by atoms with Crippen molar-refractivity contribution in [2.45, 2.75) is 4.90 Å². The minimum atomic E-state index is -4.47. The summed E-state index contributed by atoms with van der Waals surface area (Å²) in [5.74, 6) is -0.948. The maximum absolute atomic E-state index is 10.5. The Bertz CT molecular complexity index is 405. The number of hydrogen-bond donors (Lipinski definition) is 3. The molecule has 0 aliphatic rings. The average molecular weight is 198 g/mol. The van der Waals surface area contributed by atoms with Crippen molar-refractivity contribution < 1.29 is 43.5 Å². The number of rotatable bonds is 1. The maximum Gasteiger partial charge on any atom is 1.00 e. The Morgan fingerprint density at radius 2 is 1.77 bits per heavy atom. The Balaban J connectivity index is 0. The fourth-order valence-electron chi connectivity index (χ4n) is 0.709. The van der Waals surface area contributed by atoms with Crippen LogP contribution in [0.25, 0.3) is 0 Å². The smallest absolute Gasteiger partial charge is 1.00 e. The van der Waals surface area contributed by atoms with Gasteiger partial charge in [0.2, 0.25) is 0 Å². The summed E-state index contributed by atoms with van der Waals surface area (Å²) in [5, 5.41) is 17.7. The molecule has 7 heteroatoms. The average Bonchev–Trinajstić information content (AvgIpc) is 1.92. The van der Waals surface area contributed by atoms with Crippen LogP contribution in [0.4, 0.5) is 0 Å². The minimum absolute atomic E-state index is 0. The maximum atomic E-state index is 10.5. The van der Waals surface area contributed by atoms with E-state index in [1.165, 1.54) is 0 Å². The van der Waals surface area contributed by atoms with Crippen LogP contribution in [-0.4, -0.2) is 23.2 Å². The van der Waals surface area contributed by atoms with Crippen LogP contribution in [0.2, 0.25) is 0 Å². The molecule has 3 N–H and O–H groups in total. The van der Waals surface area contributed by atoms with Gasteiger partial charge in [-0.3, -0.25) is 4.55 Å². The fraction of sp³-hybridized carbons (Fsp3) is 0. The van der Waals surface area contributed by atoms with Crippen LogP contribution < -0.4 is 18.9 Å². The second-order valence-electron chi connectivity index (χ2n) is 2.13. The second-order valence-corrected chi connectivity index (χ2v) is 3.52. The van der Waals surface area contributed by atoms with Crippen LogP contribution in [0.1, 0.15) is 1.43 Å². The van der Waals surface area contributed by atoms with Crippen LogP contribution in [0.15, 0.2) is 23.1 Å². The summed E-state index contributed by atoms with van der Waals surface area (Å²) >= 11 is 0.